The third-order valence-corrected chi connectivity index (χ3v) is 6.47. The van der Waals surface area contributed by atoms with Gasteiger partial charge in [-0.05, 0) is 79.4 Å². The van der Waals surface area contributed by atoms with E-state index in [4.69, 9.17) is 13.9 Å². The molecule has 6 nitrogen and oxygen atoms in total. The first-order valence-corrected chi connectivity index (χ1v) is 12.5. The van der Waals surface area contributed by atoms with E-state index in [-0.39, 0.29) is 22.3 Å². The van der Waals surface area contributed by atoms with E-state index >= 15 is 0 Å². The first-order chi connectivity index (χ1) is 18.3. The van der Waals surface area contributed by atoms with Crippen LogP contribution in [-0.2, 0) is 0 Å². The number of rotatable bonds is 8. The molecule has 0 N–H and O–H groups in total. The molecule has 2 heterocycles. The first kappa shape index (κ1) is 25.4. The van der Waals surface area contributed by atoms with Crippen LogP contribution in [0.15, 0.2) is 69.9 Å². The Morgan fingerprint density at radius 3 is 2.37 bits per heavy atom. The molecule has 8 heteroatoms. The lowest BCUT2D eigenvalue weighted by Gasteiger charge is -2.26. The number of carbonyl (C=O) groups is 1. The Hall–Kier alpha value is -4.20. The van der Waals surface area contributed by atoms with Crippen LogP contribution < -0.4 is 19.8 Å². The van der Waals surface area contributed by atoms with Crippen molar-refractivity contribution in [3.8, 4) is 11.5 Å². The molecule has 3 aromatic carbocycles. The van der Waals surface area contributed by atoms with Gasteiger partial charge in [0.2, 0.25) is 5.76 Å². The molecule has 1 aromatic heterocycles. The van der Waals surface area contributed by atoms with E-state index in [1.54, 1.807) is 18.2 Å². The minimum Gasteiger partial charge on any atom is -0.490 e. The third kappa shape index (κ3) is 4.62. The Morgan fingerprint density at radius 2 is 1.66 bits per heavy atom. The lowest BCUT2D eigenvalue weighted by atomic mass is 9.97. The fourth-order valence-corrected chi connectivity index (χ4v) is 4.62. The molecule has 0 aliphatic carbocycles. The second-order valence-corrected chi connectivity index (χ2v) is 9.54. The van der Waals surface area contributed by atoms with Gasteiger partial charge in [0.05, 0.1) is 30.2 Å². The molecule has 0 saturated carbocycles. The zero-order chi connectivity index (χ0) is 27.0. The highest BCUT2D eigenvalue weighted by Crippen LogP contribution is 2.43. The smallest absolute Gasteiger partial charge is 0.295 e. The van der Waals surface area contributed by atoms with Crippen LogP contribution in [0, 0.1) is 17.6 Å². The maximum Gasteiger partial charge on any atom is 0.295 e. The third-order valence-electron chi connectivity index (χ3n) is 6.47. The van der Waals surface area contributed by atoms with Crippen LogP contribution in [0.5, 0.6) is 11.5 Å². The van der Waals surface area contributed by atoms with Crippen LogP contribution in [0.2, 0.25) is 0 Å². The molecule has 1 amide bonds. The van der Waals surface area contributed by atoms with Gasteiger partial charge in [-0.25, -0.2) is 8.78 Å². The zero-order valence-corrected chi connectivity index (χ0v) is 21.3. The van der Waals surface area contributed by atoms with Crippen LogP contribution in [0.25, 0.3) is 11.0 Å². The quantitative estimate of drug-likeness (QED) is 0.261. The number of halogens is 2. The SMILES string of the molecule is CCOc1cc(C2c3c(oc4ccc(F)cc4c3=O)C(=O)N2c2ccc(F)cc2)ccc1OCCC(C)C. The maximum atomic E-state index is 14.1. The summed E-state index contributed by atoms with van der Waals surface area (Å²) in [5, 5.41) is 0.0289. The molecule has 38 heavy (non-hydrogen) atoms. The Bertz CT molecular complexity index is 1560. The molecule has 0 spiro atoms. The Balaban J connectivity index is 1.69. The summed E-state index contributed by atoms with van der Waals surface area (Å²) >= 11 is 0. The summed E-state index contributed by atoms with van der Waals surface area (Å²) < 4.78 is 45.5. The van der Waals surface area contributed by atoms with Crippen molar-refractivity contribution < 1.29 is 27.5 Å². The number of anilines is 1. The van der Waals surface area contributed by atoms with Gasteiger partial charge in [-0.2, -0.15) is 0 Å². The lowest BCUT2D eigenvalue weighted by Crippen LogP contribution is -2.29. The van der Waals surface area contributed by atoms with Crippen LogP contribution in [0.1, 0.15) is 54.9 Å². The van der Waals surface area contributed by atoms with Gasteiger partial charge >= 0.3 is 0 Å². The van der Waals surface area contributed by atoms with Gasteiger partial charge < -0.3 is 13.9 Å². The Morgan fingerprint density at radius 1 is 0.921 bits per heavy atom. The van der Waals surface area contributed by atoms with Crippen molar-refractivity contribution in [3.05, 3.63) is 99.4 Å². The molecule has 1 aliphatic heterocycles. The zero-order valence-electron chi connectivity index (χ0n) is 21.3. The van der Waals surface area contributed by atoms with E-state index in [0.29, 0.717) is 41.9 Å². The van der Waals surface area contributed by atoms with E-state index in [1.807, 2.05) is 6.92 Å². The fraction of sp³-hybridized carbons (Fsp3) is 0.267. The van der Waals surface area contributed by atoms with Gasteiger partial charge in [0.15, 0.2) is 16.9 Å². The highest BCUT2D eigenvalue weighted by molar-refractivity contribution is 6.10. The van der Waals surface area contributed by atoms with Gasteiger partial charge in [-0.15, -0.1) is 0 Å². The van der Waals surface area contributed by atoms with Gasteiger partial charge in [0.1, 0.15) is 17.2 Å². The molecule has 1 aliphatic rings. The highest BCUT2D eigenvalue weighted by atomic mass is 19.1. The second kappa shape index (κ2) is 10.3. The number of nitrogens with zero attached hydrogens (tertiary/aromatic N) is 1. The second-order valence-electron chi connectivity index (χ2n) is 9.54. The number of fused-ring (bicyclic) bond motifs is 2. The van der Waals surface area contributed by atoms with Crippen molar-refractivity contribution in [1.82, 2.24) is 0 Å². The first-order valence-electron chi connectivity index (χ1n) is 12.5. The Labute approximate surface area is 218 Å². The number of benzene rings is 3. The standard InChI is InChI=1S/C30H27F2NO5/c1-4-36-25-15-18(5-11-24(25)37-14-13-17(2)3)27-26-28(34)22-16-20(32)8-12-23(22)38-29(26)30(35)33(27)21-9-6-19(31)7-10-21/h5-12,15-17,27H,4,13-14H2,1-3H3. The van der Waals surface area contributed by atoms with E-state index in [2.05, 4.69) is 13.8 Å². The minimum absolute atomic E-state index is 0.0289. The summed E-state index contributed by atoms with van der Waals surface area (Å²) in [6.07, 6.45) is 0.862. The summed E-state index contributed by atoms with van der Waals surface area (Å²) in [7, 11) is 0. The molecule has 1 unspecified atom stereocenters. The van der Waals surface area contributed by atoms with E-state index < -0.39 is 29.0 Å². The molecule has 0 bridgehead atoms. The monoisotopic (exact) mass is 519 g/mol. The largest absolute Gasteiger partial charge is 0.490 e. The predicted molar refractivity (Wildman–Crippen MR) is 140 cm³/mol. The van der Waals surface area contributed by atoms with Crippen molar-refractivity contribution in [3.63, 3.8) is 0 Å². The van der Waals surface area contributed by atoms with E-state index in [1.165, 1.54) is 41.3 Å². The van der Waals surface area contributed by atoms with Crippen molar-refractivity contribution in [1.29, 1.82) is 0 Å². The molecule has 0 fully saturated rings. The Kier molecular flexibility index (Phi) is 6.89. The normalized spacial score (nSPS) is 14.8. The van der Waals surface area contributed by atoms with Gasteiger partial charge in [-0.3, -0.25) is 14.5 Å². The van der Waals surface area contributed by atoms with Gasteiger partial charge in [-0.1, -0.05) is 19.9 Å². The van der Waals surface area contributed by atoms with Gasteiger partial charge in [0, 0.05) is 5.69 Å². The van der Waals surface area contributed by atoms with E-state index in [9.17, 15) is 18.4 Å². The molecule has 1 atom stereocenters. The average molecular weight is 520 g/mol. The number of ether oxygens (including phenoxy) is 2. The fourth-order valence-electron chi connectivity index (χ4n) is 4.62. The average Bonchev–Trinajstić information content (AvgIpc) is 3.18. The van der Waals surface area contributed by atoms with Crippen molar-refractivity contribution >= 4 is 22.6 Å². The number of hydrogen-bond donors (Lipinski definition) is 0. The maximum absolute atomic E-state index is 14.1. The van der Waals surface area contributed by atoms with Crippen molar-refractivity contribution in [2.24, 2.45) is 5.92 Å². The van der Waals surface area contributed by atoms with Crippen LogP contribution in [-0.4, -0.2) is 19.1 Å². The summed E-state index contributed by atoms with van der Waals surface area (Å²) in [5.74, 6) is -0.289. The van der Waals surface area contributed by atoms with Gasteiger partial charge in [0.25, 0.3) is 5.91 Å². The van der Waals surface area contributed by atoms with Crippen molar-refractivity contribution in [2.45, 2.75) is 33.2 Å². The molecular weight excluding hydrogens is 492 g/mol. The topological polar surface area (TPSA) is 69.0 Å². The molecule has 5 rings (SSSR count). The summed E-state index contributed by atoms with van der Waals surface area (Å²) in [6.45, 7) is 6.94. The van der Waals surface area contributed by atoms with Crippen LogP contribution >= 0.6 is 0 Å². The van der Waals surface area contributed by atoms with Crippen molar-refractivity contribution in [2.75, 3.05) is 18.1 Å². The molecule has 0 radical (unpaired) electrons. The molecular formula is C30H27F2NO5. The lowest BCUT2D eigenvalue weighted by molar-refractivity contribution is 0.0971. The number of hydrogen-bond acceptors (Lipinski definition) is 5. The van der Waals surface area contributed by atoms with Crippen LogP contribution in [0.4, 0.5) is 14.5 Å². The summed E-state index contributed by atoms with van der Waals surface area (Å²) in [5.41, 5.74) is 0.598. The number of carbonyl (C=O) groups excluding carboxylic acids is 1. The molecule has 196 valence electrons. The van der Waals surface area contributed by atoms with E-state index in [0.717, 1.165) is 12.5 Å². The highest BCUT2D eigenvalue weighted by Gasteiger charge is 2.44. The predicted octanol–water partition coefficient (Wildman–Crippen LogP) is 6.64. The summed E-state index contributed by atoms with van der Waals surface area (Å²) in [6, 6.07) is 13.3. The molecule has 4 aromatic rings. The minimum atomic E-state index is -0.921. The summed E-state index contributed by atoms with van der Waals surface area (Å²) in [4.78, 5) is 28.8. The molecule has 0 saturated heterocycles. The van der Waals surface area contributed by atoms with Crippen LogP contribution in [0.3, 0.4) is 0 Å². The number of amides is 1.